The Balaban J connectivity index is 2.08. The van der Waals surface area contributed by atoms with Crippen LogP contribution < -0.4 is 10.1 Å². The summed E-state index contributed by atoms with van der Waals surface area (Å²) in [4.78, 5) is 2.37. The second-order valence-electron chi connectivity index (χ2n) is 4.78. The normalized spacial score (nSPS) is 18.2. The molecule has 0 aromatic heterocycles. The van der Waals surface area contributed by atoms with Gasteiger partial charge in [0.05, 0.1) is 13.3 Å². The first-order chi connectivity index (χ1) is 9.35. The van der Waals surface area contributed by atoms with Gasteiger partial charge >= 0.3 is 0 Å². The Morgan fingerprint density at radius 1 is 1.26 bits per heavy atom. The number of benzene rings is 1. The minimum atomic E-state index is -0.276. The topological polar surface area (TPSA) is 24.5 Å². The highest BCUT2D eigenvalue weighted by Crippen LogP contribution is 2.26. The van der Waals surface area contributed by atoms with E-state index in [1.165, 1.54) is 5.56 Å². The van der Waals surface area contributed by atoms with Gasteiger partial charge in [0, 0.05) is 32.2 Å². The smallest absolute Gasteiger partial charge is 0.119 e. The highest BCUT2D eigenvalue weighted by atomic mass is 19.1. The van der Waals surface area contributed by atoms with Crippen LogP contribution in [-0.2, 0) is 0 Å². The Labute approximate surface area is 114 Å². The fraction of sp³-hybridized carbons (Fsp3) is 0.600. The zero-order chi connectivity index (χ0) is 13.5. The van der Waals surface area contributed by atoms with Crippen LogP contribution in [0.15, 0.2) is 24.3 Å². The number of piperazine rings is 1. The maximum absolute atomic E-state index is 12.8. The molecule has 1 aromatic carbocycles. The van der Waals surface area contributed by atoms with Crippen LogP contribution in [0.4, 0.5) is 4.39 Å². The Kier molecular flexibility index (Phi) is 5.61. The number of hydrogen-bond donors (Lipinski definition) is 1. The van der Waals surface area contributed by atoms with Crippen molar-refractivity contribution >= 4 is 0 Å². The Morgan fingerprint density at radius 2 is 1.95 bits per heavy atom. The summed E-state index contributed by atoms with van der Waals surface area (Å²) in [5.74, 6) is 0.880. The molecule has 106 valence electrons. The van der Waals surface area contributed by atoms with E-state index in [4.69, 9.17) is 4.74 Å². The average Bonchev–Trinajstić information content (AvgIpc) is 2.47. The summed E-state index contributed by atoms with van der Waals surface area (Å²) in [6.07, 6.45) is 0.563. The minimum Gasteiger partial charge on any atom is -0.494 e. The van der Waals surface area contributed by atoms with Crippen molar-refractivity contribution in [2.45, 2.75) is 19.4 Å². The van der Waals surface area contributed by atoms with Crippen molar-refractivity contribution in [2.75, 3.05) is 39.5 Å². The summed E-state index contributed by atoms with van der Waals surface area (Å²) >= 11 is 0. The summed E-state index contributed by atoms with van der Waals surface area (Å²) in [6, 6.07) is 8.27. The van der Waals surface area contributed by atoms with E-state index < -0.39 is 0 Å². The zero-order valence-corrected chi connectivity index (χ0v) is 11.6. The second kappa shape index (κ2) is 7.46. The zero-order valence-electron chi connectivity index (χ0n) is 11.6. The molecule has 1 aliphatic heterocycles. The van der Waals surface area contributed by atoms with Gasteiger partial charge in [0.1, 0.15) is 5.75 Å². The highest BCUT2D eigenvalue weighted by molar-refractivity contribution is 5.29. The number of halogens is 1. The first-order valence-corrected chi connectivity index (χ1v) is 7.08. The van der Waals surface area contributed by atoms with Gasteiger partial charge in [-0.05, 0) is 31.0 Å². The molecule has 1 atom stereocenters. The van der Waals surface area contributed by atoms with Crippen molar-refractivity contribution in [3.63, 3.8) is 0 Å². The van der Waals surface area contributed by atoms with Gasteiger partial charge in [0.25, 0.3) is 0 Å². The van der Waals surface area contributed by atoms with Gasteiger partial charge in [-0.25, -0.2) is 0 Å². The van der Waals surface area contributed by atoms with Crippen molar-refractivity contribution in [1.29, 1.82) is 0 Å². The fourth-order valence-electron chi connectivity index (χ4n) is 2.61. The molecule has 0 saturated carbocycles. The largest absolute Gasteiger partial charge is 0.494 e. The van der Waals surface area contributed by atoms with Gasteiger partial charge in [-0.15, -0.1) is 0 Å². The lowest BCUT2D eigenvalue weighted by Gasteiger charge is -2.35. The van der Waals surface area contributed by atoms with Crippen LogP contribution in [0.1, 0.15) is 24.9 Å². The van der Waals surface area contributed by atoms with Crippen molar-refractivity contribution in [1.82, 2.24) is 10.2 Å². The Bertz CT molecular complexity index is 363. The highest BCUT2D eigenvalue weighted by Gasteiger charge is 2.21. The lowest BCUT2D eigenvalue weighted by Crippen LogP contribution is -2.45. The fourth-order valence-corrected chi connectivity index (χ4v) is 2.61. The molecule has 0 unspecified atom stereocenters. The van der Waals surface area contributed by atoms with E-state index in [1.54, 1.807) is 0 Å². The average molecular weight is 266 g/mol. The number of ether oxygens (including phenoxy) is 1. The molecule has 0 bridgehead atoms. The second-order valence-corrected chi connectivity index (χ2v) is 4.78. The molecule has 1 saturated heterocycles. The number of nitrogens with one attached hydrogen (secondary N) is 1. The molecule has 1 fully saturated rings. The molecule has 4 heteroatoms. The van der Waals surface area contributed by atoms with Gasteiger partial charge in [-0.1, -0.05) is 12.1 Å². The predicted molar refractivity (Wildman–Crippen MR) is 75.4 cm³/mol. The van der Waals surface area contributed by atoms with E-state index in [9.17, 15) is 4.39 Å². The molecule has 0 spiro atoms. The monoisotopic (exact) mass is 266 g/mol. The molecule has 2 rings (SSSR count). The third kappa shape index (κ3) is 3.91. The van der Waals surface area contributed by atoms with Gasteiger partial charge in [-0.3, -0.25) is 9.29 Å². The number of hydrogen-bond acceptors (Lipinski definition) is 3. The van der Waals surface area contributed by atoms with E-state index in [2.05, 4.69) is 22.3 Å². The summed E-state index contributed by atoms with van der Waals surface area (Å²) in [6.45, 7) is 6.31. The molecule has 0 amide bonds. The van der Waals surface area contributed by atoms with Crippen molar-refractivity contribution in [3.8, 4) is 5.75 Å². The van der Waals surface area contributed by atoms with Gasteiger partial charge in [0.15, 0.2) is 0 Å². The Morgan fingerprint density at radius 3 is 2.53 bits per heavy atom. The summed E-state index contributed by atoms with van der Waals surface area (Å²) in [5.41, 5.74) is 1.18. The molecule has 1 N–H and O–H groups in total. The van der Waals surface area contributed by atoms with E-state index in [0.29, 0.717) is 13.0 Å². The van der Waals surface area contributed by atoms with Crippen LogP contribution in [0.2, 0.25) is 0 Å². The lowest BCUT2D eigenvalue weighted by atomic mass is 10.0. The van der Waals surface area contributed by atoms with Crippen molar-refractivity contribution in [2.24, 2.45) is 0 Å². The quantitative estimate of drug-likeness (QED) is 0.855. The molecular formula is C15H23FN2O. The maximum Gasteiger partial charge on any atom is 0.119 e. The first kappa shape index (κ1) is 14.3. The SMILES string of the molecule is CCOc1ccc([C@@H](CCF)N2CCNCC2)cc1. The third-order valence-electron chi connectivity index (χ3n) is 3.55. The maximum atomic E-state index is 12.8. The molecule has 0 aliphatic carbocycles. The standard InChI is InChI=1S/C15H23FN2O/c1-2-19-14-5-3-13(4-6-14)15(7-8-16)18-11-9-17-10-12-18/h3-6,15,17H,2,7-12H2,1H3/t15-/m1/s1. The van der Waals surface area contributed by atoms with Gasteiger partial charge in [-0.2, -0.15) is 0 Å². The molecule has 19 heavy (non-hydrogen) atoms. The van der Waals surface area contributed by atoms with Crippen LogP contribution in [0.5, 0.6) is 5.75 Å². The molecule has 1 aliphatic rings. The first-order valence-electron chi connectivity index (χ1n) is 7.08. The number of nitrogens with zero attached hydrogens (tertiary/aromatic N) is 1. The summed E-state index contributed by atoms with van der Waals surface area (Å²) in [7, 11) is 0. The van der Waals surface area contributed by atoms with Crippen LogP contribution in [0.3, 0.4) is 0 Å². The van der Waals surface area contributed by atoms with E-state index in [1.807, 2.05) is 19.1 Å². The van der Waals surface area contributed by atoms with E-state index >= 15 is 0 Å². The molecule has 3 nitrogen and oxygen atoms in total. The molecule has 0 radical (unpaired) electrons. The Hall–Kier alpha value is -1.13. The van der Waals surface area contributed by atoms with Gasteiger partial charge in [0.2, 0.25) is 0 Å². The number of rotatable bonds is 6. The third-order valence-corrected chi connectivity index (χ3v) is 3.55. The predicted octanol–water partition coefficient (Wildman–Crippen LogP) is 2.39. The van der Waals surface area contributed by atoms with E-state index in [-0.39, 0.29) is 12.7 Å². The van der Waals surface area contributed by atoms with Crippen LogP contribution in [-0.4, -0.2) is 44.4 Å². The van der Waals surface area contributed by atoms with Crippen LogP contribution in [0.25, 0.3) is 0 Å². The minimum absolute atomic E-state index is 0.183. The van der Waals surface area contributed by atoms with Crippen molar-refractivity contribution in [3.05, 3.63) is 29.8 Å². The van der Waals surface area contributed by atoms with Crippen LogP contribution >= 0.6 is 0 Å². The molecular weight excluding hydrogens is 243 g/mol. The van der Waals surface area contributed by atoms with Crippen molar-refractivity contribution < 1.29 is 9.13 Å². The summed E-state index contributed by atoms with van der Waals surface area (Å²) < 4.78 is 18.3. The van der Waals surface area contributed by atoms with E-state index in [0.717, 1.165) is 31.9 Å². The lowest BCUT2D eigenvalue weighted by molar-refractivity contribution is 0.157. The molecule has 1 heterocycles. The molecule has 1 aromatic rings. The number of alkyl halides is 1. The van der Waals surface area contributed by atoms with Crippen LogP contribution in [0, 0.1) is 0 Å². The summed E-state index contributed by atoms with van der Waals surface area (Å²) in [5, 5.41) is 3.33. The van der Waals surface area contributed by atoms with Gasteiger partial charge < -0.3 is 10.1 Å².